The van der Waals surface area contributed by atoms with Crippen LogP contribution in [0.4, 0.5) is 0 Å². The van der Waals surface area contributed by atoms with Gasteiger partial charge in [-0.2, -0.15) is 0 Å². The maximum atomic E-state index is 9.21. The van der Waals surface area contributed by atoms with E-state index in [0.717, 1.165) is 32.5 Å². The molecule has 0 aromatic heterocycles. The Bertz CT molecular complexity index is 594. The lowest BCUT2D eigenvalue weighted by Gasteiger charge is -2.35. The summed E-state index contributed by atoms with van der Waals surface area (Å²) in [5, 5.41) is 13.1. The van der Waals surface area contributed by atoms with Crippen LogP contribution in [0.25, 0.3) is 0 Å². The molecule has 1 heterocycles. The Morgan fingerprint density at radius 2 is 1.60 bits per heavy atom. The number of aliphatic hydroxyl groups excluding tert-OH is 1. The number of aliphatic hydroxyl groups is 1. The van der Waals surface area contributed by atoms with Crippen LogP contribution in [0.2, 0.25) is 0 Å². The van der Waals surface area contributed by atoms with E-state index < -0.39 is 0 Å². The van der Waals surface area contributed by atoms with Gasteiger partial charge in [-0.05, 0) is 49.9 Å². The van der Waals surface area contributed by atoms with E-state index in [0.29, 0.717) is 12.1 Å². The van der Waals surface area contributed by atoms with Crippen molar-refractivity contribution in [1.82, 2.24) is 10.2 Å². The lowest BCUT2D eigenvalue weighted by atomic mass is 9.97. The Morgan fingerprint density at radius 1 is 0.960 bits per heavy atom. The fourth-order valence-electron chi connectivity index (χ4n) is 3.71. The summed E-state index contributed by atoms with van der Waals surface area (Å²) in [7, 11) is 0. The number of nitrogens with one attached hydrogen (secondary N) is 1. The van der Waals surface area contributed by atoms with Crippen LogP contribution in [-0.2, 0) is 6.54 Å². The maximum Gasteiger partial charge on any atom is 0.0431 e. The molecule has 1 aliphatic heterocycles. The predicted molar refractivity (Wildman–Crippen MR) is 103 cm³/mol. The minimum Gasteiger partial charge on any atom is -0.396 e. The molecule has 3 heteroatoms. The third-order valence-electron chi connectivity index (χ3n) is 5.13. The first kappa shape index (κ1) is 18.1. The van der Waals surface area contributed by atoms with E-state index >= 15 is 0 Å². The lowest BCUT2D eigenvalue weighted by molar-refractivity contribution is 0.180. The SMILES string of the molecule is OCCCC(NC1CCN(Cc2ccccc2)CC1)c1ccccc1. The molecule has 3 rings (SSSR count). The van der Waals surface area contributed by atoms with E-state index in [1.165, 1.54) is 24.0 Å². The third-order valence-corrected chi connectivity index (χ3v) is 5.13. The number of hydrogen-bond donors (Lipinski definition) is 2. The summed E-state index contributed by atoms with van der Waals surface area (Å²) in [6, 6.07) is 22.3. The topological polar surface area (TPSA) is 35.5 Å². The van der Waals surface area contributed by atoms with E-state index in [4.69, 9.17) is 0 Å². The summed E-state index contributed by atoms with van der Waals surface area (Å²) in [6.45, 7) is 3.61. The molecule has 1 aliphatic rings. The number of benzene rings is 2. The van der Waals surface area contributed by atoms with Crippen LogP contribution in [0.1, 0.15) is 42.9 Å². The molecule has 1 saturated heterocycles. The predicted octanol–water partition coefficient (Wildman–Crippen LogP) is 3.75. The Balaban J connectivity index is 1.51. The van der Waals surface area contributed by atoms with Gasteiger partial charge in [0.1, 0.15) is 0 Å². The van der Waals surface area contributed by atoms with E-state index in [1.807, 2.05) is 0 Å². The standard InChI is InChI=1S/C22H30N2O/c25-17-7-12-22(20-10-5-2-6-11-20)23-21-13-15-24(16-14-21)18-19-8-3-1-4-9-19/h1-6,8-11,21-23,25H,7,12-18H2. The second-order valence-corrected chi connectivity index (χ2v) is 7.03. The highest BCUT2D eigenvalue weighted by atomic mass is 16.2. The molecular formula is C22H30N2O. The van der Waals surface area contributed by atoms with Gasteiger partial charge >= 0.3 is 0 Å². The van der Waals surface area contributed by atoms with Crippen LogP contribution in [-0.4, -0.2) is 35.7 Å². The number of likely N-dealkylation sites (tertiary alicyclic amines) is 1. The summed E-state index contributed by atoms with van der Waals surface area (Å²) in [5.74, 6) is 0. The summed E-state index contributed by atoms with van der Waals surface area (Å²) >= 11 is 0. The van der Waals surface area contributed by atoms with Gasteiger partial charge in [-0.3, -0.25) is 4.90 Å². The van der Waals surface area contributed by atoms with Gasteiger partial charge in [0.2, 0.25) is 0 Å². The Morgan fingerprint density at radius 3 is 2.24 bits per heavy atom. The first-order valence-corrected chi connectivity index (χ1v) is 9.53. The molecule has 2 N–H and O–H groups in total. The van der Waals surface area contributed by atoms with Crippen molar-refractivity contribution in [3.63, 3.8) is 0 Å². The Kier molecular flexibility index (Phi) is 7.04. The van der Waals surface area contributed by atoms with Crippen LogP contribution in [0.3, 0.4) is 0 Å². The van der Waals surface area contributed by atoms with Crippen LogP contribution in [0.5, 0.6) is 0 Å². The molecule has 0 amide bonds. The molecule has 0 radical (unpaired) electrons. The van der Waals surface area contributed by atoms with Crippen molar-refractivity contribution < 1.29 is 5.11 Å². The second kappa shape index (κ2) is 9.71. The fraction of sp³-hybridized carbons (Fsp3) is 0.455. The van der Waals surface area contributed by atoms with E-state index in [1.54, 1.807) is 0 Å². The quantitative estimate of drug-likeness (QED) is 0.769. The summed E-state index contributed by atoms with van der Waals surface area (Å²) < 4.78 is 0. The number of hydrogen-bond acceptors (Lipinski definition) is 3. The van der Waals surface area contributed by atoms with Gasteiger partial charge < -0.3 is 10.4 Å². The van der Waals surface area contributed by atoms with Crippen molar-refractivity contribution in [2.75, 3.05) is 19.7 Å². The third kappa shape index (κ3) is 5.67. The van der Waals surface area contributed by atoms with Crippen molar-refractivity contribution >= 4 is 0 Å². The molecule has 1 unspecified atom stereocenters. The van der Waals surface area contributed by atoms with Gasteiger partial charge in [0.15, 0.2) is 0 Å². The largest absolute Gasteiger partial charge is 0.396 e. The average molecular weight is 338 g/mol. The zero-order valence-electron chi connectivity index (χ0n) is 15.0. The molecule has 3 nitrogen and oxygen atoms in total. The highest BCUT2D eigenvalue weighted by Gasteiger charge is 2.22. The van der Waals surface area contributed by atoms with Gasteiger partial charge in [-0.25, -0.2) is 0 Å². The highest BCUT2D eigenvalue weighted by molar-refractivity contribution is 5.19. The van der Waals surface area contributed by atoms with Crippen molar-refractivity contribution in [1.29, 1.82) is 0 Å². The zero-order valence-corrected chi connectivity index (χ0v) is 15.0. The van der Waals surface area contributed by atoms with Crippen LogP contribution in [0.15, 0.2) is 60.7 Å². The molecule has 1 fully saturated rings. The van der Waals surface area contributed by atoms with Gasteiger partial charge in [0.25, 0.3) is 0 Å². The summed E-state index contributed by atoms with van der Waals surface area (Å²) in [6.07, 6.45) is 4.22. The molecule has 0 spiro atoms. The summed E-state index contributed by atoms with van der Waals surface area (Å²) in [4.78, 5) is 2.55. The zero-order chi connectivity index (χ0) is 17.3. The van der Waals surface area contributed by atoms with E-state index in [-0.39, 0.29) is 6.61 Å². The Hall–Kier alpha value is -1.68. The molecule has 25 heavy (non-hydrogen) atoms. The van der Waals surface area contributed by atoms with Crippen molar-refractivity contribution in [2.24, 2.45) is 0 Å². The van der Waals surface area contributed by atoms with Crippen LogP contribution < -0.4 is 5.32 Å². The number of piperidine rings is 1. The van der Waals surface area contributed by atoms with Crippen LogP contribution >= 0.6 is 0 Å². The Labute approximate surface area is 151 Å². The molecule has 0 saturated carbocycles. The maximum absolute atomic E-state index is 9.21. The van der Waals surface area contributed by atoms with Crippen molar-refractivity contribution in [3.8, 4) is 0 Å². The molecule has 134 valence electrons. The van der Waals surface area contributed by atoms with Gasteiger partial charge in [-0.1, -0.05) is 60.7 Å². The molecule has 2 aromatic rings. The first-order valence-electron chi connectivity index (χ1n) is 9.53. The molecule has 1 atom stereocenters. The minimum absolute atomic E-state index is 0.264. The fourth-order valence-corrected chi connectivity index (χ4v) is 3.71. The second-order valence-electron chi connectivity index (χ2n) is 7.03. The first-order chi connectivity index (χ1) is 12.3. The smallest absolute Gasteiger partial charge is 0.0431 e. The molecular weight excluding hydrogens is 308 g/mol. The van der Waals surface area contributed by atoms with E-state index in [2.05, 4.69) is 70.9 Å². The van der Waals surface area contributed by atoms with Gasteiger partial charge in [0.05, 0.1) is 0 Å². The van der Waals surface area contributed by atoms with Gasteiger partial charge in [-0.15, -0.1) is 0 Å². The normalized spacial score (nSPS) is 17.5. The van der Waals surface area contributed by atoms with Crippen LogP contribution in [0, 0.1) is 0 Å². The monoisotopic (exact) mass is 338 g/mol. The number of rotatable bonds is 8. The van der Waals surface area contributed by atoms with Crippen molar-refractivity contribution in [2.45, 2.75) is 44.3 Å². The van der Waals surface area contributed by atoms with E-state index in [9.17, 15) is 5.11 Å². The number of nitrogens with zero attached hydrogens (tertiary/aromatic N) is 1. The minimum atomic E-state index is 0.264. The lowest BCUT2D eigenvalue weighted by Crippen LogP contribution is -2.43. The van der Waals surface area contributed by atoms with Gasteiger partial charge in [0, 0.05) is 25.2 Å². The molecule has 0 aliphatic carbocycles. The molecule has 0 bridgehead atoms. The summed E-state index contributed by atoms with van der Waals surface area (Å²) in [5.41, 5.74) is 2.74. The van der Waals surface area contributed by atoms with Crippen molar-refractivity contribution in [3.05, 3.63) is 71.8 Å². The highest BCUT2D eigenvalue weighted by Crippen LogP contribution is 2.22. The average Bonchev–Trinajstić information content (AvgIpc) is 2.68. The molecule has 2 aromatic carbocycles.